The molecule has 0 saturated heterocycles. The fourth-order valence-electron chi connectivity index (χ4n) is 1.30. The lowest BCUT2D eigenvalue weighted by molar-refractivity contribution is -0.132. The maximum absolute atomic E-state index is 11.8. The number of rotatable bonds is 6. The number of hydrogen-bond acceptors (Lipinski definition) is 4. The van der Waals surface area contributed by atoms with Crippen LogP contribution in [0.5, 0.6) is 0 Å². The van der Waals surface area contributed by atoms with E-state index in [-0.39, 0.29) is 19.1 Å². The van der Waals surface area contributed by atoms with Gasteiger partial charge >= 0.3 is 0 Å². The number of nitrogen functional groups attached to an aromatic ring is 1. The highest BCUT2D eigenvalue weighted by Crippen LogP contribution is 1.98. The standard InChI is InChI=1S/C10H16N4O2/c1-2-4-13(6-7-15)10(16)8-14-5-3-9(11)12-14/h2-3,5,15H,1,4,6-8H2,(H2,11,12). The minimum absolute atomic E-state index is 0.0686. The van der Waals surface area contributed by atoms with Gasteiger partial charge in [-0.2, -0.15) is 5.10 Å². The molecule has 3 N–H and O–H groups in total. The molecule has 0 aliphatic rings. The van der Waals surface area contributed by atoms with Gasteiger partial charge < -0.3 is 15.7 Å². The van der Waals surface area contributed by atoms with E-state index >= 15 is 0 Å². The number of carbonyl (C=O) groups excluding carboxylic acids is 1. The third-order valence-electron chi connectivity index (χ3n) is 2.03. The predicted octanol–water partition coefficient (Wildman–Crippen LogP) is -0.528. The fourth-order valence-corrected chi connectivity index (χ4v) is 1.30. The van der Waals surface area contributed by atoms with E-state index in [1.807, 2.05) is 0 Å². The van der Waals surface area contributed by atoms with Crippen molar-refractivity contribution in [3.05, 3.63) is 24.9 Å². The summed E-state index contributed by atoms with van der Waals surface area (Å²) in [4.78, 5) is 13.3. The zero-order valence-corrected chi connectivity index (χ0v) is 9.04. The van der Waals surface area contributed by atoms with Gasteiger partial charge in [0, 0.05) is 19.3 Å². The Morgan fingerprint density at radius 1 is 1.75 bits per heavy atom. The zero-order valence-electron chi connectivity index (χ0n) is 9.04. The Hall–Kier alpha value is -1.82. The molecule has 6 nitrogen and oxygen atoms in total. The van der Waals surface area contributed by atoms with E-state index in [1.165, 1.54) is 9.58 Å². The lowest BCUT2D eigenvalue weighted by Crippen LogP contribution is -2.36. The van der Waals surface area contributed by atoms with Gasteiger partial charge in [0.2, 0.25) is 5.91 Å². The molecule has 1 aromatic heterocycles. The number of hydrogen-bond donors (Lipinski definition) is 2. The van der Waals surface area contributed by atoms with E-state index < -0.39 is 0 Å². The summed E-state index contributed by atoms with van der Waals surface area (Å²) in [5, 5.41) is 12.7. The summed E-state index contributed by atoms with van der Waals surface area (Å²) in [7, 11) is 0. The Morgan fingerprint density at radius 2 is 2.50 bits per heavy atom. The lowest BCUT2D eigenvalue weighted by atomic mass is 10.4. The second-order valence-corrected chi connectivity index (χ2v) is 3.29. The second-order valence-electron chi connectivity index (χ2n) is 3.29. The van der Waals surface area contributed by atoms with E-state index in [9.17, 15) is 4.79 Å². The van der Waals surface area contributed by atoms with Gasteiger partial charge in [0.1, 0.15) is 12.4 Å². The highest BCUT2D eigenvalue weighted by Gasteiger charge is 2.12. The Bertz CT molecular complexity index is 361. The molecular weight excluding hydrogens is 208 g/mol. The maximum Gasteiger partial charge on any atom is 0.244 e. The van der Waals surface area contributed by atoms with Crippen LogP contribution >= 0.6 is 0 Å². The van der Waals surface area contributed by atoms with E-state index in [4.69, 9.17) is 10.8 Å². The first-order valence-corrected chi connectivity index (χ1v) is 4.96. The van der Waals surface area contributed by atoms with Crippen molar-refractivity contribution in [3.63, 3.8) is 0 Å². The number of aromatic nitrogens is 2. The molecular formula is C10H16N4O2. The van der Waals surface area contributed by atoms with Crippen LogP contribution in [0.2, 0.25) is 0 Å². The van der Waals surface area contributed by atoms with Crippen molar-refractivity contribution in [1.82, 2.24) is 14.7 Å². The van der Waals surface area contributed by atoms with Gasteiger partial charge in [-0.15, -0.1) is 6.58 Å². The normalized spacial score (nSPS) is 10.1. The Labute approximate surface area is 94.0 Å². The summed E-state index contributed by atoms with van der Waals surface area (Å²) < 4.78 is 1.46. The molecule has 0 bridgehead atoms. The van der Waals surface area contributed by atoms with Gasteiger partial charge in [0.25, 0.3) is 0 Å². The molecule has 1 rings (SSSR count). The number of anilines is 1. The SMILES string of the molecule is C=CCN(CCO)C(=O)Cn1ccc(N)n1. The third kappa shape index (κ3) is 3.39. The Balaban J connectivity index is 2.57. The lowest BCUT2D eigenvalue weighted by Gasteiger charge is -2.19. The fraction of sp³-hybridized carbons (Fsp3) is 0.400. The summed E-state index contributed by atoms with van der Waals surface area (Å²) in [6, 6.07) is 1.62. The second kappa shape index (κ2) is 5.92. The van der Waals surface area contributed by atoms with Gasteiger partial charge in [-0.1, -0.05) is 6.08 Å². The molecule has 88 valence electrons. The minimum atomic E-state index is -0.128. The summed E-state index contributed by atoms with van der Waals surface area (Å²) in [5.41, 5.74) is 5.43. The third-order valence-corrected chi connectivity index (χ3v) is 2.03. The predicted molar refractivity (Wildman–Crippen MR) is 60.5 cm³/mol. The highest BCUT2D eigenvalue weighted by molar-refractivity contribution is 5.76. The van der Waals surface area contributed by atoms with Crippen LogP contribution in [0, 0.1) is 0 Å². The molecule has 1 heterocycles. The molecule has 0 radical (unpaired) electrons. The molecule has 0 aromatic carbocycles. The van der Waals surface area contributed by atoms with Crippen LogP contribution in [0.1, 0.15) is 0 Å². The van der Waals surface area contributed by atoms with Crippen LogP contribution < -0.4 is 5.73 Å². The van der Waals surface area contributed by atoms with Gasteiger partial charge in [-0.3, -0.25) is 9.48 Å². The number of amides is 1. The molecule has 6 heteroatoms. The summed E-state index contributed by atoms with van der Waals surface area (Å²) in [6.45, 7) is 4.31. The van der Waals surface area contributed by atoms with Crippen molar-refractivity contribution < 1.29 is 9.90 Å². The molecule has 0 atom stereocenters. The van der Waals surface area contributed by atoms with Crippen LogP contribution in [-0.2, 0) is 11.3 Å². The average Bonchev–Trinajstić information content (AvgIpc) is 2.63. The quantitative estimate of drug-likeness (QED) is 0.636. The van der Waals surface area contributed by atoms with Crippen molar-refractivity contribution >= 4 is 11.7 Å². The van der Waals surface area contributed by atoms with Crippen molar-refractivity contribution in [2.24, 2.45) is 0 Å². The number of aliphatic hydroxyl groups is 1. The Morgan fingerprint density at radius 3 is 3.00 bits per heavy atom. The van der Waals surface area contributed by atoms with Gasteiger partial charge in [-0.05, 0) is 6.07 Å². The minimum Gasteiger partial charge on any atom is -0.395 e. The summed E-state index contributed by atoms with van der Waals surface area (Å²) in [6.07, 6.45) is 3.25. The first kappa shape index (κ1) is 12.3. The van der Waals surface area contributed by atoms with E-state index in [1.54, 1.807) is 18.3 Å². The molecule has 0 unspecified atom stereocenters. The van der Waals surface area contributed by atoms with Crippen LogP contribution in [0.4, 0.5) is 5.82 Å². The molecule has 0 saturated carbocycles. The Kier molecular flexibility index (Phi) is 4.53. The number of aliphatic hydroxyl groups excluding tert-OH is 1. The number of carbonyl (C=O) groups is 1. The van der Waals surface area contributed by atoms with Crippen LogP contribution in [-0.4, -0.2) is 45.4 Å². The topological polar surface area (TPSA) is 84.4 Å². The largest absolute Gasteiger partial charge is 0.395 e. The van der Waals surface area contributed by atoms with Crippen molar-refractivity contribution in [1.29, 1.82) is 0 Å². The van der Waals surface area contributed by atoms with Crippen LogP contribution in [0.3, 0.4) is 0 Å². The number of nitrogens with two attached hydrogens (primary N) is 1. The molecule has 0 fully saturated rings. The van der Waals surface area contributed by atoms with E-state index in [2.05, 4.69) is 11.7 Å². The average molecular weight is 224 g/mol. The first-order valence-electron chi connectivity index (χ1n) is 4.96. The van der Waals surface area contributed by atoms with Crippen molar-refractivity contribution in [3.8, 4) is 0 Å². The molecule has 1 aromatic rings. The molecule has 16 heavy (non-hydrogen) atoms. The summed E-state index contributed by atoms with van der Waals surface area (Å²) in [5.74, 6) is 0.252. The van der Waals surface area contributed by atoms with Crippen LogP contribution in [0.15, 0.2) is 24.9 Å². The molecule has 0 aliphatic carbocycles. The van der Waals surface area contributed by atoms with E-state index in [0.717, 1.165) is 0 Å². The van der Waals surface area contributed by atoms with Crippen LogP contribution in [0.25, 0.3) is 0 Å². The van der Waals surface area contributed by atoms with Gasteiger partial charge in [0.15, 0.2) is 0 Å². The van der Waals surface area contributed by atoms with Crippen molar-refractivity contribution in [2.45, 2.75) is 6.54 Å². The monoisotopic (exact) mass is 224 g/mol. The van der Waals surface area contributed by atoms with Gasteiger partial charge in [0.05, 0.1) is 6.61 Å². The molecule has 1 amide bonds. The zero-order chi connectivity index (χ0) is 12.0. The van der Waals surface area contributed by atoms with E-state index in [0.29, 0.717) is 18.9 Å². The highest BCUT2D eigenvalue weighted by atomic mass is 16.3. The first-order chi connectivity index (χ1) is 7.67. The maximum atomic E-state index is 11.8. The van der Waals surface area contributed by atoms with Gasteiger partial charge in [-0.25, -0.2) is 0 Å². The number of nitrogens with zero attached hydrogens (tertiary/aromatic N) is 3. The molecule has 0 aliphatic heterocycles. The summed E-state index contributed by atoms with van der Waals surface area (Å²) >= 11 is 0. The van der Waals surface area contributed by atoms with Crippen molar-refractivity contribution in [2.75, 3.05) is 25.4 Å². The smallest absolute Gasteiger partial charge is 0.244 e. The molecule has 0 spiro atoms.